The molecule has 1 rings (SSSR count). The van der Waals surface area contributed by atoms with Crippen LogP contribution in [0.5, 0.6) is 0 Å². The number of carbonyl (C=O) groups is 2. The van der Waals surface area contributed by atoms with Crippen molar-refractivity contribution in [3.8, 4) is 0 Å². The number of allylic oxidation sites excluding steroid dienone is 4. The molecule has 0 fully saturated rings. The minimum atomic E-state index is -3.69. The molecule has 1 aliphatic carbocycles. The molecule has 0 saturated carbocycles. The van der Waals surface area contributed by atoms with E-state index in [9.17, 15) is 18.0 Å². The third-order valence-corrected chi connectivity index (χ3v) is 3.25. The standard InChI is InChI=1S/C9H8O4S/c1-2-5-14(12,13)9-6-7(10)3-4-8(9)11/h2-4,6H,1,5H2. The van der Waals surface area contributed by atoms with E-state index in [1.54, 1.807) is 0 Å². The number of sulfone groups is 1. The molecular weight excluding hydrogens is 204 g/mol. The molecule has 0 saturated heterocycles. The summed E-state index contributed by atoms with van der Waals surface area (Å²) in [5.74, 6) is -1.50. The summed E-state index contributed by atoms with van der Waals surface area (Å²) >= 11 is 0. The van der Waals surface area contributed by atoms with Crippen LogP contribution in [0.2, 0.25) is 0 Å². The van der Waals surface area contributed by atoms with Gasteiger partial charge in [-0.1, -0.05) is 6.08 Å². The average Bonchev–Trinajstić information content (AvgIpc) is 2.09. The lowest BCUT2D eigenvalue weighted by atomic mass is 10.2. The molecule has 0 bridgehead atoms. The van der Waals surface area contributed by atoms with Gasteiger partial charge in [0, 0.05) is 6.08 Å². The molecule has 1 aliphatic rings. The van der Waals surface area contributed by atoms with E-state index < -0.39 is 26.3 Å². The van der Waals surface area contributed by atoms with Gasteiger partial charge in [0.1, 0.15) is 4.91 Å². The maximum Gasteiger partial charge on any atom is 0.197 e. The summed E-state index contributed by atoms with van der Waals surface area (Å²) in [5.41, 5.74) is 0. The first-order chi connectivity index (χ1) is 6.47. The molecule has 0 N–H and O–H groups in total. The Bertz CT molecular complexity index is 451. The zero-order chi connectivity index (χ0) is 10.8. The number of hydrogen-bond acceptors (Lipinski definition) is 4. The summed E-state index contributed by atoms with van der Waals surface area (Å²) in [6.45, 7) is 3.26. The van der Waals surface area contributed by atoms with E-state index in [0.717, 1.165) is 18.2 Å². The lowest BCUT2D eigenvalue weighted by molar-refractivity contribution is -0.114. The minimum Gasteiger partial charge on any atom is -0.290 e. The Kier molecular flexibility index (Phi) is 2.81. The fraction of sp³-hybridized carbons (Fsp3) is 0.111. The molecule has 0 amide bonds. The van der Waals surface area contributed by atoms with Crippen LogP contribution in [0.3, 0.4) is 0 Å². The highest BCUT2D eigenvalue weighted by Gasteiger charge is 2.25. The summed E-state index contributed by atoms with van der Waals surface area (Å²) in [7, 11) is -3.69. The first-order valence-corrected chi connectivity index (χ1v) is 5.44. The first kappa shape index (κ1) is 10.6. The van der Waals surface area contributed by atoms with Crippen molar-refractivity contribution >= 4 is 21.4 Å². The monoisotopic (exact) mass is 212 g/mol. The Labute approximate surface area is 81.5 Å². The largest absolute Gasteiger partial charge is 0.290 e. The second-order valence-corrected chi connectivity index (χ2v) is 4.68. The van der Waals surface area contributed by atoms with Gasteiger partial charge in [-0.2, -0.15) is 0 Å². The summed E-state index contributed by atoms with van der Waals surface area (Å²) in [6, 6.07) is 0. The Morgan fingerprint density at radius 1 is 1.29 bits per heavy atom. The molecule has 0 aromatic rings. The quantitative estimate of drug-likeness (QED) is 0.494. The predicted molar refractivity (Wildman–Crippen MR) is 51.2 cm³/mol. The van der Waals surface area contributed by atoms with E-state index in [1.807, 2.05) is 0 Å². The average molecular weight is 212 g/mol. The Hall–Kier alpha value is -1.49. The number of ketones is 2. The molecule has 0 unspecified atom stereocenters. The zero-order valence-corrected chi connectivity index (χ0v) is 8.08. The summed E-state index contributed by atoms with van der Waals surface area (Å²) in [5, 5.41) is 0. The van der Waals surface area contributed by atoms with E-state index in [4.69, 9.17) is 0 Å². The summed E-state index contributed by atoms with van der Waals surface area (Å²) in [4.78, 5) is 21.6. The fourth-order valence-corrected chi connectivity index (χ4v) is 2.14. The van der Waals surface area contributed by atoms with Gasteiger partial charge in [0.15, 0.2) is 21.4 Å². The smallest absolute Gasteiger partial charge is 0.197 e. The van der Waals surface area contributed by atoms with E-state index in [2.05, 4.69) is 6.58 Å². The van der Waals surface area contributed by atoms with Gasteiger partial charge < -0.3 is 0 Å². The highest BCUT2D eigenvalue weighted by Crippen LogP contribution is 2.13. The molecule has 0 atom stereocenters. The maximum atomic E-state index is 11.4. The van der Waals surface area contributed by atoms with Crippen LogP contribution in [-0.2, 0) is 19.4 Å². The van der Waals surface area contributed by atoms with Crippen LogP contribution in [0.4, 0.5) is 0 Å². The van der Waals surface area contributed by atoms with Crippen molar-refractivity contribution in [2.24, 2.45) is 0 Å². The third-order valence-electron chi connectivity index (χ3n) is 1.59. The molecular formula is C9H8O4S. The molecule has 0 radical (unpaired) electrons. The van der Waals surface area contributed by atoms with Crippen molar-refractivity contribution in [2.75, 3.05) is 5.75 Å². The molecule has 14 heavy (non-hydrogen) atoms. The van der Waals surface area contributed by atoms with Gasteiger partial charge in [-0.25, -0.2) is 8.42 Å². The highest BCUT2D eigenvalue weighted by atomic mass is 32.2. The summed E-state index contributed by atoms with van der Waals surface area (Å²) < 4.78 is 22.8. The van der Waals surface area contributed by atoms with Gasteiger partial charge in [0.25, 0.3) is 0 Å². The van der Waals surface area contributed by atoms with Crippen LogP contribution in [-0.4, -0.2) is 25.7 Å². The minimum absolute atomic E-state index is 0.342. The van der Waals surface area contributed by atoms with Crippen LogP contribution in [0.15, 0.2) is 35.8 Å². The highest BCUT2D eigenvalue weighted by molar-refractivity contribution is 7.96. The van der Waals surface area contributed by atoms with Crippen molar-refractivity contribution in [2.45, 2.75) is 0 Å². The second kappa shape index (κ2) is 3.71. The van der Waals surface area contributed by atoms with Crippen LogP contribution in [0, 0.1) is 0 Å². The van der Waals surface area contributed by atoms with Crippen LogP contribution in [0.1, 0.15) is 0 Å². The molecule has 0 aromatic heterocycles. The van der Waals surface area contributed by atoms with E-state index in [1.165, 1.54) is 6.08 Å². The molecule has 0 spiro atoms. The topological polar surface area (TPSA) is 68.3 Å². The predicted octanol–water partition coefficient (Wildman–Crippen LogP) is 0.179. The van der Waals surface area contributed by atoms with Crippen LogP contribution >= 0.6 is 0 Å². The van der Waals surface area contributed by atoms with Crippen molar-refractivity contribution in [1.29, 1.82) is 0 Å². The van der Waals surface area contributed by atoms with Gasteiger partial charge >= 0.3 is 0 Å². The zero-order valence-electron chi connectivity index (χ0n) is 7.26. The van der Waals surface area contributed by atoms with Crippen LogP contribution < -0.4 is 0 Å². The lowest BCUT2D eigenvalue weighted by Gasteiger charge is -2.05. The van der Waals surface area contributed by atoms with E-state index in [-0.39, 0.29) is 5.75 Å². The molecule has 74 valence electrons. The van der Waals surface area contributed by atoms with Gasteiger partial charge in [0.2, 0.25) is 0 Å². The van der Waals surface area contributed by atoms with Gasteiger partial charge in [-0.3, -0.25) is 9.59 Å². The van der Waals surface area contributed by atoms with Gasteiger partial charge in [0.05, 0.1) is 5.75 Å². The van der Waals surface area contributed by atoms with Crippen molar-refractivity contribution < 1.29 is 18.0 Å². The molecule has 4 nitrogen and oxygen atoms in total. The Morgan fingerprint density at radius 3 is 2.50 bits per heavy atom. The molecule has 5 heteroatoms. The van der Waals surface area contributed by atoms with Gasteiger partial charge in [-0.15, -0.1) is 6.58 Å². The second-order valence-electron chi connectivity index (χ2n) is 2.68. The maximum absolute atomic E-state index is 11.4. The molecule has 0 aromatic carbocycles. The Morgan fingerprint density at radius 2 is 1.93 bits per heavy atom. The third kappa shape index (κ3) is 2.05. The first-order valence-electron chi connectivity index (χ1n) is 3.79. The molecule has 0 heterocycles. The molecule has 0 aliphatic heterocycles. The van der Waals surface area contributed by atoms with Crippen molar-refractivity contribution in [3.63, 3.8) is 0 Å². The van der Waals surface area contributed by atoms with Crippen LogP contribution in [0.25, 0.3) is 0 Å². The number of hydrogen-bond donors (Lipinski definition) is 0. The summed E-state index contributed by atoms with van der Waals surface area (Å²) in [6.07, 6.45) is 4.00. The Balaban J connectivity index is 3.16. The van der Waals surface area contributed by atoms with Crippen molar-refractivity contribution in [3.05, 3.63) is 35.8 Å². The lowest BCUT2D eigenvalue weighted by Crippen LogP contribution is -2.18. The van der Waals surface area contributed by atoms with E-state index in [0.29, 0.717) is 0 Å². The van der Waals surface area contributed by atoms with Gasteiger partial charge in [-0.05, 0) is 12.2 Å². The fourth-order valence-electron chi connectivity index (χ4n) is 0.976. The number of rotatable bonds is 3. The van der Waals surface area contributed by atoms with Crippen molar-refractivity contribution in [1.82, 2.24) is 0 Å². The van der Waals surface area contributed by atoms with E-state index >= 15 is 0 Å². The normalized spacial score (nSPS) is 16.7. The SMILES string of the molecule is C=CCS(=O)(=O)C1=CC(=O)C=CC1=O. The number of carbonyl (C=O) groups excluding carboxylic acids is 2.